The molecule has 2 N–H and O–H groups in total. The Bertz CT molecular complexity index is 592. The number of nitrogens with zero attached hydrogens (tertiary/aromatic N) is 2. The number of ether oxygens (including phenoxy) is 2. The number of hydrogen-bond donors (Lipinski definition) is 2. The molecule has 0 aliphatic rings. The highest BCUT2D eigenvalue weighted by molar-refractivity contribution is 5.83. The van der Waals surface area contributed by atoms with Crippen LogP contribution in [0.15, 0.2) is 36.5 Å². The monoisotopic (exact) mass is 291 g/mol. The van der Waals surface area contributed by atoms with Gasteiger partial charge in [0.25, 0.3) is 5.88 Å². The molecule has 0 saturated carbocycles. The average molecular weight is 291 g/mol. The van der Waals surface area contributed by atoms with Gasteiger partial charge in [-0.05, 0) is 32.9 Å². The van der Waals surface area contributed by atoms with Crippen LogP contribution in [-0.2, 0) is 4.79 Å². The van der Waals surface area contributed by atoms with Gasteiger partial charge in [-0.25, -0.2) is 4.79 Å². The molecule has 7 nitrogen and oxygen atoms in total. The minimum atomic E-state index is -1.65. The Kier molecular flexibility index (Phi) is 3.95. The van der Waals surface area contributed by atoms with E-state index in [1.54, 1.807) is 30.3 Å². The van der Waals surface area contributed by atoms with E-state index in [-0.39, 0.29) is 5.88 Å². The minimum absolute atomic E-state index is 0.0876. The second-order valence-corrected chi connectivity index (χ2v) is 5.21. The molecule has 7 heteroatoms. The lowest BCUT2D eigenvalue weighted by Gasteiger charge is -2.36. The van der Waals surface area contributed by atoms with Crippen LogP contribution in [0.5, 0.6) is 11.6 Å². The summed E-state index contributed by atoms with van der Waals surface area (Å²) < 4.78 is 10.8. The molecule has 0 radical (unpaired) electrons. The summed E-state index contributed by atoms with van der Waals surface area (Å²) in [7, 11) is 0. The summed E-state index contributed by atoms with van der Waals surface area (Å²) in [5.74, 6) is -0.282. The second kappa shape index (κ2) is 5.53. The van der Waals surface area contributed by atoms with Gasteiger partial charge >= 0.3 is 5.97 Å². The van der Waals surface area contributed by atoms with Crippen molar-refractivity contribution in [2.24, 2.45) is 0 Å². The molecule has 0 spiro atoms. The number of hydrogen-bond acceptors (Lipinski definition) is 6. The third-order valence-electron chi connectivity index (χ3n) is 3.21. The number of aliphatic hydroxyl groups is 1. The Hall–Kier alpha value is -2.41. The molecular formula is C14H17N3O4. The van der Waals surface area contributed by atoms with Crippen LogP contribution in [0.3, 0.4) is 0 Å². The number of benzene rings is 1. The number of aromatic amines is 1. The highest BCUT2D eigenvalue weighted by atomic mass is 16.6. The molecule has 2 rings (SSSR count). The molecule has 0 aliphatic carbocycles. The first-order chi connectivity index (χ1) is 9.83. The molecule has 0 bridgehead atoms. The average Bonchev–Trinajstić information content (AvgIpc) is 2.91. The topological polar surface area (TPSA) is 97.3 Å². The van der Waals surface area contributed by atoms with E-state index < -0.39 is 17.2 Å². The van der Waals surface area contributed by atoms with E-state index in [2.05, 4.69) is 15.4 Å². The summed E-state index contributed by atoms with van der Waals surface area (Å²) in [6, 6.07) is 8.56. The third kappa shape index (κ3) is 3.19. The van der Waals surface area contributed by atoms with E-state index in [4.69, 9.17) is 9.47 Å². The minimum Gasteiger partial charge on any atom is -0.454 e. The summed E-state index contributed by atoms with van der Waals surface area (Å²) >= 11 is 0. The molecule has 21 heavy (non-hydrogen) atoms. The van der Waals surface area contributed by atoms with Crippen molar-refractivity contribution >= 4 is 5.97 Å². The lowest BCUT2D eigenvalue weighted by molar-refractivity contribution is -0.172. The van der Waals surface area contributed by atoms with Crippen molar-refractivity contribution in [3.63, 3.8) is 0 Å². The van der Waals surface area contributed by atoms with Gasteiger partial charge in [-0.1, -0.05) is 18.2 Å². The van der Waals surface area contributed by atoms with Crippen molar-refractivity contribution in [3.8, 4) is 11.6 Å². The molecule has 1 unspecified atom stereocenters. The summed E-state index contributed by atoms with van der Waals surface area (Å²) in [6.07, 6.45) is 1.31. The van der Waals surface area contributed by atoms with Crippen molar-refractivity contribution in [2.75, 3.05) is 0 Å². The van der Waals surface area contributed by atoms with E-state index in [0.717, 1.165) is 0 Å². The first-order valence-electron chi connectivity index (χ1n) is 6.37. The molecule has 0 fully saturated rings. The zero-order valence-corrected chi connectivity index (χ0v) is 12.0. The maximum absolute atomic E-state index is 12.4. The number of nitrogens with one attached hydrogen (secondary N) is 1. The first-order valence-corrected chi connectivity index (χ1v) is 6.37. The molecule has 0 amide bonds. The Balaban J connectivity index is 2.25. The molecule has 1 aromatic heterocycles. The first kappa shape index (κ1) is 15.0. The Morgan fingerprint density at radius 1 is 1.24 bits per heavy atom. The number of aromatic nitrogens is 3. The molecule has 1 aromatic carbocycles. The number of esters is 1. The molecule has 1 heterocycles. The van der Waals surface area contributed by atoms with Crippen LogP contribution in [0.1, 0.15) is 20.8 Å². The van der Waals surface area contributed by atoms with Crippen LogP contribution in [-0.4, -0.2) is 37.7 Å². The maximum Gasteiger partial charge on any atom is 0.358 e. The largest absolute Gasteiger partial charge is 0.454 e. The number of carbonyl (C=O) groups excluding carboxylic acids is 1. The number of para-hydroxylation sites is 1. The summed E-state index contributed by atoms with van der Waals surface area (Å²) in [5.41, 5.74) is -3.16. The third-order valence-corrected chi connectivity index (χ3v) is 3.21. The summed E-state index contributed by atoms with van der Waals surface area (Å²) in [6.45, 7) is 4.35. The predicted molar refractivity (Wildman–Crippen MR) is 73.8 cm³/mol. The SMILES string of the molecule is CC(C)(O)C(C)(Oc1cn[nH]n1)C(=O)Oc1ccccc1. The van der Waals surface area contributed by atoms with Gasteiger partial charge in [0.2, 0.25) is 5.60 Å². The standard InChI is InChI=1S/C14H17N3O4/c1-13(2,19)14(3,21-11-9-15-17-16-11)12(18)20-10-7-5-4-6-8-10/h4-9,19H,1-3H3,(H,15,16,17). The smallest absolute Gasteiger partial charge is 0.358 e. The fourth-order valence-electron chi connectivity index (χ4n) is 1.56. The zero-order chi connectivity index (χ0) is 15.5. The van der Waals surface area contributed by atoms with E-state index in [1.165, 1.54) is 27.0 Å². The Morgan fingerprint density at radius 2 is 1.90 bits per heavy atom. The van der Waals surface area contributed by atoms with Gasteiger partial charge in [-0.3, -0.25) is 0 Å². The second-order valence-electron chi connectivity index (χ2n) is 5.21. The van der Waals surface area contributed by atoms with Crippen molar-refractivity contribution in [3.05, 3.63) is 36.5 Å². The molecule has 0 aliphatic heterocycles. The Labute approximate surface area is 121 Å². The molecule has 1 atom stereocenters. The van der Waals surface area contributed by atoms with Gasteiger partial charge in [0.05, 0.1) is 0 Å². The normalized spacial score (nSPS) is 14.3. The highest BCUT2D eigenvalue weighted by Crippen LogP contribution is 2.29. The van der Waals surface area contributed by atoms with Crippen LogP contribution in [0.4, 0.5) is 0 Å². The van der Waals surface area contributed by atoms with Crippen molar-refractivity contribution in [1.82, 2.24) is 15.4 Å². The predicted octanol–water partition coefficient (Wildman–Crippen LogP) is 1.32. The zero-order valence-electron chi connectivity index (χ0n) is 12.0. The van der Waals surface area contributed by atoms with Gasteiger partial charge in [0.1, 0.15) is 17.5 Å². The lowest BCUT2D eigenvalue weighted by Crippen LogP contribution is -2.59. The van der Waals surface area contributed by atoms with Gasteiger partial charge in [0, 0.05) is 0 Å². The van der Waals surface area contributed by atoms with Gasteiger partial charge in [-0.15, -0.1) is 5.10 Å². The van der Waals surface area contributed by atoms with Crippen LogP contribution >= 0.6 is 0 Å². The molecule has 112 valence electrons. The van der Waals surface area contributed by atoms with E-state index in [0.29, 0.717) is 5.75 Å². The fourth-order valence-corrected chi connectivity index (χ4v) is 1.56. The molecular weight excluding hydrogens is 274 g/mol. The van der Waals surface area contributed by atoms with Crippen LogP contribution in [0.25, 0.3) is 0 Å². The van der Waals surface area contributed by atoms with Gasteiger partial charge in [-0.2, -0.15) is 10.3 Å². The quantitative estimate of drug-likeness (QED) is 0.637. The Morgan fingerprint density at radius 3 is 2.43 bits per heavy atom. The van der Waals surface area contributed by atoms with Crippen LogP contribution in [0.2, 0.25) is 0 Å². The van der Waals surface area contributed by atoms with Crippen molar-refractivity contribution in [2.45, 2.75) is 32.0 Å². The number of H-pyrrole nitrogens is 1. The van der Waals surface area contributed by atoms with E-state index >= 15 is 0 Å². The fraction of sp³-hybridized carbons (Fsp3) is 0.357. The summed E-state index contributed by atoms with van der Waals surface area (Å²) in [5, 5.41) is 20.0. The molecule has 2 aromatic rings. The van der Waals surface area contributed by atoms with Gasteiger partial charge in [0.15, 0.2) is 0 Å². The van der Waals surface area contributed by atoms with E-state index in [9.17, 15) is 9.90 Å². The van der Waals surface area contributed by atoms with Crippen molar-refractivity contribution in [1.29, 1.82) is 0 Å². The lowest BCUT2D eigenvalue weighted by atomic mass is 9.87. The summed E-state index contributed by atoms with van der Waals surface area (Å²) in [4.78, 5) is 12.4. The van der Waals surface area contributed by atoms with Crippen molar-refractivity contribution < 1.29 is 19.4 Å². The van der Waals surface area contributed by atoms with E-state index in [1.807, 2.05) is 0 Å². The number of carbonyl (C=O) groups is 1. The van der Waals surface area contributed by atoms with Crippen LogP contribution in [0, 0.1) is 0 Å². The number of rotatable bonds is 5. The highest BCUT2D eigenvalue weighted by Gasteiger charge is 2.51. The van der Waals surface area contributed by atoms with Crippen LogP contribution < -0.4 is 9.47 Å². The molecule has 0 saturated heterocycles. The maximum atomic E-state index is 12.4. The van der Waals surface area contributed by atoms with Gasteiger partial charge < -0.3 is 14.6 Å².